The summed E-state index contributed by atoms with van der Waals surface area (Å²) in [6, 6.07) is 0. The third-order valence-electron chi connectivity index (χ3n) is 1.82. The lowest BCUT2D eigenvalue weighted by atomic mass is 10.2. The summed E-state index contributed by atoms with van der Waals surface area (Å²) < 4.78 is 1.43. The first kappa shape index (κ1) is 10.5. The molecule has 0 saturated carbocycles. The van der Waals surface area contributed by atoms with Crippen LogP contribution in [0.25, 0.3) is 0 Å². The summed E-state index contributed by atoms with van der Waals surface area (Å²) in [4.78, 5) is 14.0. The smallest absolute Gasteiger partial charge is 0.344 e. The largest absolute Gasteiger partial charge is 0.358 e. The molecule has 0 atom stereocenters. The van der Waals surface area contributed by atoms with Crippen molar-refractivity contribution in [2.75, 3.05) is 11.9 Å². The summed E-state index contributed by atoms with van der Waals surface area (Å²) in [5.74, 6) is 1.01. The summed E-state index contributed by atoms with van der Waals surface area (Å²) >= 11 is 0. The molecule has 6 nitrogen and oxygen atoms in total. The van der Waals surface area contributed by atoms with Crippen LogP contribution in [-0.2, 0) is 7.05 Å². The number of anilines is 1. The summed E-state index contributed by atoms with van der Waals surface area (Å²) in [5, 5.41) is 13.5. The standard InChI is InChI=1S/C8H14N4O2/c1-6(2)4-9-8-10-5-7(11(8)3)12(13)14/h5-6H,4H2,1-3H3,(H,9,10). The Hall–Kier alpha value is -1.59. The lowest BCUT2D eigenvalue weighted by molar-refractivity contribution is -0.391. The average Bonchev–Trinajstić information content (AvgIpc) is 2.43. The van der Waals surface area contributed by atoms with Gasteiger partial charge in [0.25, 0.3) is 5.95 Å². The van der Waals surface area contributed by atoms with Crippen molar-refractivity contribution in [1.82, 2.24) is 9.55 Å². The molecule has 0 aromatic carbocycles. The van der Waals surface area contributed by atoms with Crippen molar-refractivity contribution < 1.29 is 4.92 Å². The van der Waals surface area contributed by atoms with E-state index in [0.29, 0.717) is 11.9 Å². The fraction of sp³-hybridized carbons (Fsp3) is 0.625. The maximum atomic E-state index is 10.5. The maximum Gasteiger partial charge on any atom is 0.344 e. The zero-order valence-corrected chi connectivity index (χ0v) is 8.52. The Kier molecular flexibility index (Phi) is 3.06. The zero-order chi connectivity index (χ0) is 10.7. The van der Waals surface area contributed by atoms with Gasteiger partial charge in [-0.05, 0) is 10.8 Å². The van der Waals surface area contributed by atoms with Gasteiger partial charge in [0.05, 0.1) is 7.05 Å². The van der Waals surface area contributed by atoms with E-state index in [1.165, 1.54) is 10.8 Å². The van der Waals surface area contributed by atoms with E-state index in [-0.39, 0.29) is 5.82 Å². The normalized spacial score (nSPS) is 10.6. The van der Waals surface area contributed by atoms with Gasteiger partial charge in [-0.3, -0.25) is 0 Å². The Morgan fingerprint density at radius 1 is 1.71 bits per heavy atom. The molecule has 1 heterocycles. The molecule has 0 unspecified atom stereocenters. The molecule has 1 rings (SSSR count). The third kappa shape index (κ3) is 2.21. The molecule has 1 aromatic rings. The molecule has 0 bridgehead atoms. The summed E-state index contributed by atoms with van der Waals surface area (Å²) in [5.41, 5.74) is 0. The van der Waals surface area contributed by atoms with Gasteiger partial charge in [-0.15, -0.1) is 0 Å². The molecule has 0 amide bonds. The number of rotatable bonds is 4. The molecule has 0 saturated heterocycles. The molecule has 0 radical (unpaired) electrons. The van der Waals surface area contributed by atoms with Gasteiger partial charge in [-0.1, -0.05) is 13.8 Å². The third-order valence-corrected chi connectivity index (χ3v) is 1.82. The Balaban J connectivity index is 2.74. The molecule has 1 aromatic heterocycles. The minimum Gasteiger partial charge on any atom is -0.358 e. The first-order valence-corrected chi connectivity index (χ1v) is 4.42. The minimum atomic E-state index is -0.451. The fourth-order valence-corrected chi connectivity index (χ4v) is 1.03. The molecular formula is C8H14N4O2. The van der Waals surface area contributed by atoms with E-state index < -0.39 is 4.92 Å². The lowest BCUT2D eigenvalue weighted by Crippen LogP contribution is -2.12. The van der Waals surface area contributed by atoms with Crippen LogP contribution in [0.15, 0.2) is 6.20 Å². The highest BCUT2D eigenvalue weighted by Gasteiger charge is 2.15. The topological polar surface area (TPSA) is 73.0 Å². The second kappa shape index (κ2) is 4.08. The Morgan fingerprint density at radius 2 is 2.36 bits per heavy atom. The van der Waals surface area contributed by atoms with Crippen LogP contribution in [0.2, 0.25) is 0 Å². The second-order valence-electron chi connectivity index (χ2n) is 3.53. The zero-order valence-electron chi connectivity index (χ0n) is 8.52. The SMILES string of the molecule is CC(C)CNc1ncc([N+](=O)[O-])n1C. The quantitative estimate of drug-likeness (QED) is 0.586. The van der Waals surface area contributed by atoms with Crippen LogP contribution in [0.4, 0.5) is 11.8 Å². The first-order chi connectivity index (χ1) is 6.52. The Labute approximate surface area is 82.1 Å². The highest BCUT2D eigenvalue weighted by molar-refractivity contribution is 5.35. The van der Waals surface area contributed by atoms with Crippen molar-refractivity contribution in [1.29, 1.82) is 0 Å². The van der Waals surface area contributed by atoms with Crippen molar-refractivity contribution >= 4 is 11.8 Å². The van der Waals surface area contributed by atoms with E-state index in [1.54, 1.807) is 7.05 Å². The van der Waals surface area contributed by atoms with Gasteiger partial charge in [0.2, 0.25) is 0 Å². The lowest BCUT2D eigenvalue weighted by Gasteiger charge is -2.05. The van der Waals surface area contributed by atoms with E-state index in [0.717, 1.165) is 6.54 Å². The van der Waals surface area contributed by atoms with Crippen LogP contribution in [0.1, 0.15) is 13.8 Å². The molecule has 0 spiro atoms. The first-order valence-electron chi connectivity index (χ1n) is 4.42. The van der Waals surface area contributed by atoms with Crippen LogP contribution in [0, 0.1) is 16.0 Å². The predicted octanol–water partition coefficient (Wildman–Crippen LogP) is 1.40. The van der Waals surface area contributed by atoms with Gasteiger partial charge < -0.3 is 15.4 Å². The highest BCUT2D eigenvalue weighted by Crippen LogP contribution is 2.15. The number of hydrogen-bond acceptors (Lipinski definition) is 4. The highest BCUT2D eigenvalue weighted by atomic mass is 16.6. The molecule has 1 N–H and O–H groups in total. The molecule has 14 heavy (non-hydrogen) atoms. The van der Waals surface area contributed by atoms with Gasteiger partial charge in [-0.2, -0.15) is 9.55 Å². The monoisotopic (exact) mass is 198 g/mol. The van der Waals surface area contributed by atoms with Crippen LogP contribution in [0.3, 0.4) is 0 Å². The maximum absolute atomic E-state index is 10.5. The number of imidazole rings is 1. The van der Waals surface area contributed by atoms with Crippen molar-refractivity contribution in [2.24, 2.45) is 13.0 Å². The fourth-order valence-electron chi connectivity index (χ4n) is 1.03. The van der Waals surface area contributed by atoms with Gasteiger partial charge in [0, 0.05) is 6.54 Å². The van der Waals surface area contributed by atoms with E-state index in [2.05, 4.69) is 24.1 Å². The van der Waals surface area contributed by atoms with Gasteiger partial charge in [-0.25, -0.2) is 0 Å². The molecule has 0 fully saturated rings. The van der Waals surface area contributed by atoms with Crippen LogP contribution >= 0.6 is 0 Å². The van der Waals surface area contributed by atoms with Crippen LogP contribution in [-0.4, -0.2) is 21.0 Å². The Bertz CT molecular complexity index is 332. The number of nitro groups is 1. The number of aromatic nitrogens is 2. The van der Waals surface area contributed by atoms with Crippen molar-refractivity contribution in [3.8, 4) is 0 Å². The molecule has 78 valence electrons. The van der Waals surface area contributed by atoms with Crippen LogP contribution in [0.5, 0.6) is 0 Å². The van der Waals surface area contributed by atoms with E-state index in [9.17, 15) is 10.1 Å². The molecule has 6 heteroatoms. The predicted molar refractivity (Wildman–Crippen MR) is 53.2 cm³/mol. The number of nitrogens with zero attached hydrogens (tertiary/aromatic N) is 3. The van der Waals surface area contributed by atoms with Crippen molar-refractivity contribution in [3.63, 3.8) is 0 Å². The summed E-state index contributed by atoms with van der Waals surface area (Å²) in [7, 11) is 1.62. The minimum absolute atomic E-state index is 0.00347. The summed E-state index contributed by atoms with van der Waals surface area (Å²) in [6.45, 7) is 4.87. The van der Waals surface area contributed by atoms with Gasteiger partial charge >= 0.3 is 5.82 Å². The molecule has 0 aliphatic rings. The Morgan fingerprint density at radius 3 is 2.79 bits per heavy atom. The second-order valence-corrected chi connectivity index (χ2v) is 3.53. The van der Waals surface area contributed by atoms with Gasteiger partial charge in [0.1, 0.15) is 6.20 Å². The van der Waals surface area contributed by atoms with E-state index >= 15 is 0 Å². The van der Waals surface area contributed by atoms with Crippen molar-refractivity contribution in [3.05, 3.63) is 16.3 Å². The van der Waals surface area contributed by atoms with Gasteiger partial charge in [0.15, 0.2) is 0 Å². The van der Waals surface area contributed by atoms with Crippen LogP contribution < -0.4 is 5.32 Å². The molecule has 0 aliphatic carbocycles. The molecule has 0 aliphatic heterocycles. The number of nitrogens with one attached hydrogen (secondary N) is 1. The van der Waals surface area contributed by atoms with E-state index in [4.69, 9.17) is 0 Å². The molecular weight excluding hydrogens is 184 g/mol. The van der Waals surface area contributed by atoms with E-state index in [1.807, 2.05) is 0 Å². The summed E-state index contributed by atoms with van der Waals surface area (Å²) in [6.07, 6.45) is 1.25. The average molecular weight is 198 g/mol. The van der Waals surface area contributed by atoms with Crippen molar-refractivity contribution in [2.45, 2.75) is 13.8 Å². The number of hydrogen-bond donors (Lipinski definition) is 1.